The van der Waals surface area contributed by atoms with Crippen LogP contribution in [-0.2, 0) is 4.79 Å². The molecule has 1 aromatic heterocycles. The smallest absolute Gasteiger partial charge is 0.250 e. The molecule has 0 aliphatic carbocycles. The number of aromatic nitrogens is 2. The fraction of sp³-hybridized carbons (Fsp3) is 0.179. The van der Waals surface area contributed by atoms with E-state index in [4.69, 9.17) is 21.1 Å². The molecule has 8 nitrogen and oxygen atoms in total. The summed E-state index contributed by atoms with van der Waals surface area (Å²) in [7, 11) is 3.92. The molecule has 37 heavy (non-hydrogen) atoms. The average molecular weight is 516 g/mol. The van der Waals surface area contributed by atoms with Crippen LogP contribution in [0.25, 0.3) is 10.9 Å². The molecule has 0 radical (unpaired) electrons. The number of carbonyl (C=O) groups is 1. The topological polar surface area (TPSA) is 79.8 Å². The summed E-state index contributed by atoms with van der Waals surface area (Å²) in [4.78, 5) is 25.5. The zero-order chi connectivity index (χ0) is 25.8. The zero-order valence-corrected chi connectivity index (χ0v) is 21.3. The summed E-state index contributed by atoms with van der Waals surface area (Å²) in [6.45, 7) is 1.53. The van der Waals surface area contributed by atoms with Crippen molar-refractivity contribution in [2.75, 3.05) is 44.0 Å². The Hall–Kier alpha value is -4.14. The van der Waals surface area contributed by atoms with Crippen LogP contribution < -0.4 is 19.7 Å². The predicted molar refractivity (Wildman–Crippen MR) is 146 cm³/mol. The van der Waals surface area contributed by atoms with E-state index in [1.807, 2.05) is 73.6 Å². The number of anilines is 3. The number of hydrogen-bond donors (Lipinski definition) is 1. The van der Waals surface area contributed by atoms with Gasteiger partial charge in [0.05, 0.1) is 23.1 Å². The van der Waals surface area contributed by atoms with Crippen molar-refractivity contribution in [2.45, 2.75) is 0 Å². The van der Waals surface area contributed by atoms with Crippen LogP contribution in [-0.4, -0.2) is 54.6 Å². The summed E-state index contributed by atoms with van der Waals surface area (Å²) < 4.78 is 11.9. The van der Waals surface area contributed by atoms with E-state index >= 15 is 0 Å². The number of nitrogens with one attached hydrogen (secondary N) is 1. The largest absolute Gasteiger partial charge is 0.489 e. The summed E-state index contributed by atoms with van der Waals surface area (Å²) >= 11 is 6.05. The Morgan fingerprint density at radius 1 is 1.14 bits per heavy atom. The van der Waals surface area contributed by atoms with Gasteiger partial charge in [0.2, 0.25) is 0 Å². The lowest BCUT2D eigenvalue weighted by atomic mass is 10.1. The molecule has 188 valence electrons. The van der Waals surface area contributed by atoms with E-state index in [-0.39, 0.29) is 5.91 Å². The highest BCUT2D eigenvalue weighted by Gasteiger charge is 2.26. The maximum absolute atomic E-state index is 12.9. The quantitative estimate of drug-likeness (QED) is 0.318. The molecule has 1 N–H and O–H groups in total. The Bertz CT molecular complexity index is 1460. The van der Waals surface area contributed by atoms with Crippen LogP contribution in [0.4, 0.5) is 17.2 Å². The number of benzene rings is 3. The summed E-state index contributed by atoms with van der Waals surface area (Å²) in [5.41, 5.74) is 2.22. The van der Waals surface area contributed by atoms with Gasteiger partial charge < -0.3 is 24.6 Å². The van der Waals surface area contributed by atoms with Crippen molar-refractivity contribution in [1.82, 2.24) is 14.9 Å². The molecule has 1 amide bonds. The van der Waals surface area contributed by atoms with Gasteiger partial charge in [0.25, 0.3) is 5.91 Å². The highest BCUT2D eigenvalue weighted by Crippen LogP contribution is 2.41. The lowest BCUT2D eigenvalue weighted by Gasteiger charge is -2.30. The Morgan fingerprint density at radius 2 is 1.97 bits per heavy atom. The number of rotatable bonds is 7. The molecule has 1 aliphatic heterocycles. The summed E-state index contributed by atoms with van der Waals surface area (Å²) in [6.07, 6.45) is 4.96. The van der Waals surface area contributed by atoms with Gasteiger partial charge in [-0.05, 0) is 68.7 Å². The molecule has 0 unspecified atom stereocenters. The molecular formula is C28H26ClN5O3. The fourth-order valence-electron chi connectivity index (χ4n) is 4.02. The highest BCUT2D eigenvalue weighted by molar-refractivity contribution is 6.30. The average Bonchev–Trinajstić information content (AvgIpc) is 2.89. The van der Waals surface area contributed by atoms with E-state index in [0.29, 0.717) is 58.9 Å². The van der Waals surface area contributed by atoms with Gasteiger partial charge in [-0.15, -0.1) is 0 Å². The van der Waals surface area contributed by atoms with Gasteiger partial charge in [-0.2, -0.15) is 0 Å². The van der Waals surface area contributed by atoms with Crippen molar-refractivity contribution in [1.29, 1.82) is 0 Å². The monoisotopic (exact) mass is 515 g/mol. The van der Waals surface area contributed by atoms with Crippen molar-refractivity contribution in [3.8, 4) is 17.2 Å². The Kier molecular flexibility index (Phi) is 7.20. The molecule has 9 heteroatoms. The molecule has 0 atom stereocenters. The first kappa shape index (κ1) is 24.5. The molecule has 0 fully saturated rings. The van der Waals surface area contributed by atoms with Gasteiger partial charge in [-0.1, -0.05) is 23.7 Å². The molecule has 2 heterocycles. The van der Waals surface area contributed by atoms with Crippen molar-refractivity contribution in [2.24, 2.45) is 0 Å². The lowest BCUT2D eigenvalue weighted by Crippen LogP contribution is -2.37. The maximum Gasteiger partial charge on any atom is 0.250 e. The van der Waals surface area contributed by atoms with Crippen LogP contribution in [0.5, 0.6) is 17.2 Å². The van der Waals surface area contributed by atoms with Crippen LogP contribution >= 0.6 is 11.6 Å². The second kappa shape index (κ2) is 10.9. The Morgan fingerprint density at radius 3 is 2.76 bits per heavy atom. The van der Waals surface area contributed by atoms with Crippen LogP contribution in [0.3, 0.4) is 0 Å². The molecule has 0 spiro atoms. The van der Waals surface area contributed by atoms with E-state index in [0.717, 1.165) is 11.2 Å². The summed E-state index contributed by atoms with van der Waals surface area (Å²) in [6, 6.07) is 18.5. The predicted octanol–water partition coefficient (Wildman–Crippen LogP) is 5.66. The normalized spacial score (nSPS) is 13.0. The minimum absolute atomic E-state index is 0.0904. The van der Waals surface area contributed by atoms with Crippen LogP contribution in [0.1, 0.15) is 0 Å². The van der Waals surface area contributed by atoms with Crippen LogP contribution in [0, 0.1) is 0 Å². The number of likely N-dealkylation sites (N-methyl/N-ethyl adjacent to an activating group) is 1. The minimum atomic E-state index is -0.0904. The number of hydrogen-bond acceptors (Lipinski definition) is 7. The van der Waals surface area contributed by atoms with Crippen molar-refractivity contribution >= 4 is 45.6 Å². The van der Waals surface area contributed by atoms with Gasteiger partial charge in [0.1, 0.15) is 30.3 Å². The Balaban J connectivity index is 1.41. The van der Waals surface area contributed by atoms with Gasteiger partial charge >= 0.3 is 0 Å². The molecule has 0 bridgehead atoms. The van der Waals surface area contributed by atoms with Gasteiger partial charge in [0.15, 0.2) is 5.75 Å². The van der Waals surface area contributed by atoms with E-state index < -0.39 is 0 Å². The summed E-state index contributed by atoms with van der Waals surface area (Å²) in [5, 5.41) is 4.69. The third-order valence-corrected chi connectivity index (χ3v) is 5.97. The van der Waals surface area contributed by atoms with Crippen LogP contribution in [0.15, 0.2) is 79.1 Å². The first-order chi connectivity index (χ1) is 18.0. The fourth-order valence-corrected chi connectivity index (χ4v) is 4.20. The Labute approximate surface area is 220 Å². The minimum Gasteiger partial charge on any atom is -0.489 e. The standard InChI is InChI=1S/C28H26ClN5O3/c1-33(2)14-4-7-25(35)34-15-16-36-27-24(34)13-12-23-26(27)28(31-18-30-23)32-20-8-10-21(11-9-20)37-22-6-3-5-19(29)17-22/h3-13,17-18H,14-16H2,1-2H3,(H,30,31,32)/b7-4+. The first-order valence-electron chi connectivity index (χ1n) is 11.8. The van der Waals surface area contributed by atoms with E-state index in [2.05, 4.69) is 15.3 Å². The van der Waals surface area contributed by atoms with Gasteiger partial charge in [-0.25, -0.2) is 9.97 Å². The van der Waals surface area contributed by atoms with Crippen LogP contribution in [0.2, 0.25) is 5.02 Å². The van der Waals surface area contributed by atoms with Gasteiger partial charge in [-0.3, -0.25) is 4.79 Å². The number of ether oxygens (including phenoxy) is 2. The third-order valence-electron chi connectivity index (χ3n) is 5.73. The maximum atomic E-state index is 12.9. The van der Waals surface area contributed by atoms with E-state index in [1.54, 1.807) is 23.1 Å². The number of amides is 1. The molecular weight excluding hydrogens is 490 g/mol. The lowest BCUT2D eigenvalue weighted by molar-refractivity contribution is -0.114. The molecule has 4 aromatic rings. The van der Waals surface area contributed by atoms with Gasteiger partial charge in [0, 0.05) is 23.3 Å². The number of carbonyl (C=O) groups excluding carboxylic acids is 1. The van der Waals surface area contributed by atoms with E-state index in [1.165, 1.54) is 6.33 Å². The molecule has 5 rings (SSSR count). The second-order valence-corrected chi connectivity index (χ2v) is 9.18. The van der Waals surface area contributed by atoms with Crippen molar-refractivity contribution in [3.05, 3.63) is 84.2 Å². The van der Waals surface area contributed by atoms with Crippen molar-refractivity contribution < 1.29 is 14.3 Å². The summed E-state index contributed by atoms with van der Waals surface area (Å²) in [5.74, 6) is 2.42. The third kappa shape index (κ3) is 5.66. The molecule has 0 saturated carbocycles. The number of nitrogens with zero attached hydrogens (tertiary/aromatic N) is 4. The second-order valence-electron chi connectivity index (χ2n) is 8.74. The zero-order valence-electron chi connectivity index (χ0n) is 20.5. The van der Waals surface area contributed by atoms with E-state index in [9.17, 15) is 4.79 Å². The first-order valence-corrected chi connectivity index (χ1v) is 12.2. The molecule has 3 aromatic carbocycles. The molecule has 1 aliphatic rings. The number of halogens is 1. The number of fused-ring (bicyclic) bond motifs is 3. The highest BCUT2D eigenvalue weighted by atomic mass is 35.5. The SMILES string of the molecule is CN(C)C/C=C/C(=O)N1CCOc2c1ccc1ncnc(Nc3ccc(Oc4cccc(Cl)c4)cc3)c21. The molecule has 0 saturated heterocycles. The van der Waals surface area contributed by atoms with Crippen molar-refractivity contribution in [3.63, 3.8) is 0 Å².